The predicted octanol–water partition coefficient (Wildman–Crippen LogP) is 4.38. The molecule has 23 heavy (non-hydrogen) atoms. The second kappa shape index (κ2) is 5.89. The van der Waals surface area contributed by atoms with Crippen molar-refractivity contribution in [3.05, 3.63) is 41.0 Å². The fraction of sp³-hybridized carbons (Fsp3) is 0.400. The molecule has 3 heteroatoms. The summed E-state index contributed by atoms with van der Waals surface area (Å²) >= 11 is 0. The van der Waals surface area contributed by atoms with E-state index in [0.29, 0.717) is 0 Å². The summed E-state index contributed by atoms with van der Waals surface area (Å²) in [7, 11) is 2.12. The van der Waals surface area contributed by atoms with Crippen LogP contribution in [0.25, 0.3) is 21.8 Å². The average Bonchev–Trinajstić information content (AvgIpc) is 2.91. The summed E-state index contributed by atoms with van der Waals surface area (Å²) in [6.07, 6.45) is 0. The van der Waals surface area contributed by atoms with Gasteiger partial charge < -0.3 is 14.6 Å². The molecule has 0 atom stereocenters. The largest absolute Gasteiger partial charge is 0.392 e. The molecule has 0 fully saturated rings. The van der Waals surface area contributed by atoms with E-state index in [4.69, 9.17) is 0 Å². The molecule has 0 saturated carbocycles. The Labute approximate surface area is 138 Å². The first kappa shape index (κ1) is 15.9. The topological polar surface area (TPSA) is 28.4 Å². The fourth-order valence-electron chi connectivity index (χ4n) is 3.64. The Bertz CT molecular complexity index is 877. The van der Waals surface area contributed by atoms with Crippen molar-refractivity contribution in [1.29, 1.82) is 0 Å². The van der Waals surface area contributed by atoms with E-state index in [-0.39, 0.29) is 6.61 Å². The SMILES string of the molecule is CCN(C)c1ccc2c(c1)c1c(C)c(CO)cc(C)c1n2CC. The number of aliphatic hydroxyl groups is 1. The van der Waals surface area contributed by atoms with Gasteiger partial charge in [-0.05, 0) is 62.6 Å². The Morgan fingerprint density at radius 2 is 1.87 bits per heavy atom. The lowest BCUT2D eigenvalue weighted by Crippen LogP contribution is -2.15. The molecule has 2 aromatic carbocycles. The summed E-state index contributed by atoms with van der Waals surface area (Å²) in [5.41, 5.74) is 7.27. The summed E-state index contributed by atoms with van der Waals surface area (Å²) in [5, 5.41) is 12.3. The summed E-state index contributed by atoms with van der Waals surface area (Å²) < 4.78 is 2.39. The van der Waals surface area contributed by atoms with Gasteiger partial charge in [-0.25, -0.2) is 0 Å². The third kappa shape index (κ3) is 2.31. The molecule has 0 radical (unpaired) electrons. The molecule has 0 unspecified atom stereocenters. The molecule has 3 nitrogen and oxygen atoms in total. The number of aryl methyl sites for hydroxylation is 3. The lowest BCUT2D eigenvalue weighted by Gasteiger charge is -2.17. The lowest BCUT2D eigenvalue weighted by molar-refractivity contribution is 0.281. The van der Waals surface area contributed by atoms with E-state index in [2.05, 4.69) is 68.5 Å². The van der Waals surface area contributed by atoms with Crippen LogP contribution in [0.1, 0.15) is 30.5 Å². The number of aliphatic hydroxyl groups excluding tert-OH is 1. The number of hydrogen-bond donors (Lipinski definition) is 1. The van der Waals surface area contributed by atoms with Crippen LogP contribution in [-0.4, -0.2) is 23.3 Å². The van der Waals surface area contributed by atoms with Gasteiger partial charge in [-0.15, -0.1) is 0 Å². The number of hydrogen-bond acceptors (Lipinski definition) is 2. The quantitative estimate of drug-likeness (QED) is 0.774. The number of benzene rings is 2. The molecule has 1 aromatic heterocycles. The maximum Gasteiger partial charge on any atom is 0.0684 e. The standard InChI is InChI=1S/C20H26N2O/c1-6-21(5)16-8-9-18-17(11-16)19-14(4)15(12-23)10-13(3)20(19)22(18)7-2/h8-11,23H,6-7,12H2,1-5H3. The van der Waals surface area contributed by atoms with Crippen LogP contribution in [0.15, 0.2) is 24.3 Å². The molecule has 0 aliphatic rings. The maximum atomic E-state index is 9.70. The Morgan fingerprint density at radius 3 is 2.48 bits per heavy atom. The number of nitrogens with zero attached hydrogens (tertiary/aromatic N) is 2. The van der Waals surface area contributed by atoms with Crippen molar-refractivity contribution in [1.82, 2.24) is 4.57 Å². The number of aromatic nitrogens is 1. The van der Waals surface area contributed by atoms with Gasteiger partial charge in [-0.2, -0.15) is 0 Å². The van der Waals surface area contributed by atoms with E-state index in [1.165, 1.54) is 38.6 Å². The van der Waals surface area contributed by atoms with E-state index >= 15 is 0 Å². The minimum Gasteiger partial charge on any atom is -0.392 e. The molecule has 122 valence electrons. The highest BCUT2D eigenvalue weighted by Crippen LogP contribution is 2.37. The minimum atomic E-state index is 0.0932. The van der Waals surface area contributed by atoms with Crippen LogP contribution >= 0.6 is 0 Å². The highest BCUT2D eigenvalue weighted by Gasteiger charge is 2.17. The van der Waals surface area contributed by atoms with Crippen LogP contribution in [-0.2, 0) is 13.2 Å². The smallest absolute Gasteiger partial charge is 0.0684 e. The zero-order valence-electron chi connectivity index (χ0n) is 14.8. The molecule has 3 aromatic rings. The number of fused-ring (bicyclic) bond motifs is 3. The predicted molar refractivity (Wildman–Crippen MR) is 99.5 cm³/mol. The van der Waals surface area contributed by atoms with Gasteiger partial charge in [0, 0.05) is 42.1 Å². The Balaban J connectivity index is 2.49. The van der Waals surface area contributed by atoms with Crippen LogP contribution < -0.4 is 4.90 Å². The van der Waals surface area contributed by atoms with E-state index in [1.54, 1.807) is 0 Å². The zero-order chi connectivity index (χ0) is 16.7. The van der Waals surface area contributed by atoms with E-state index in [0.717, 1.165) is 18.7 Å². The Kier molecular flexibility index (Phi) is 4.07. The number of anilines is 1. The molecule has 0 aliphatic carbocycles. The lowest BCUT2D eigenvalue weighted by atomic mass is 9.99. The van der Waals surface area contributed by atoms with Crippen LogP contribution in [0.4, 0.5) is 5.69 Å². The summed E-state index contributed by atoms with van der Waals surface area (Å²) in [6, 6.07) is 8.86. The molecule has 1 heterocycles. The van der Waals surface area contributed by atoms with Crippen LogP contribution in [0, 0.1) is 13.8 Å². The van der Waals surface area contributed by atoms with Gasteiger partial charge >= 0.3 is 0 Å². The normalized spacial score (nSPS) is 11.6. The Morgan fingerprint density at radius 1 is 1.13 bits per heavy atom. The van der Waals surface area contributed by atoms with Gasteiger partial charge in [0.25, 0.3) is 0 Å². The van der Waals surface area contributed by atoms with Crippen molar-refractivity contribution in [2.24, 2.45) is 0 Å². The van der Waals surface area contributed by atoms with Gasteiger partial charge in [0.2, 0.25) is 0 Å². The van der Waals surface area contributed by atoms with Crippen molar-refractivity contribution in [2.45, 2.75) is 40.8 Å². The van der Waals surface area contributed by atoms with Gasteiger partial charge in [-0.1, -0.05) is 6.07 Å². The van der Waals surface area contributed by atoms with E-state index in [1.807, 2.05) is 0 Å². The van der Waals surface area contributed by atoms with Crippen LogP contribution in [0.3, 0.4) is 0 Å². The van der Waals surface area contributed by atoms with Crippen molar-refractivity contribution >= 4 is 27.5 Å². The minimum absolute atomic E-state index is 0.0932. The first-order valence-corrected chi connectivity index (χ1v) is 8.40. The summed E-state index contributed by atoms with van der Waals surface area (Å²) in [6.45, 7) is 10.7. The molecule has 0 amide bonds. The zero-order valence-corrected chi connectivity index (χ0v) is 14.8. The highest BCUT2D eigenvalue weighted by atomic mass is 16.3. The molecule has 0 spiro atoms. The molecular formula is C20H26N2O. The highest BCUT2D eigenvalue weighted by molar-refractivity contribution is 6.12. The molecule has 0 saturated heterocycles. The van der Waals surface area contributed by atoms with E-state index in [9.17, 15) is 5.11 Å². The van der Waals surface area contributed by atoms with Gasteiger partial charge in [0.05, 0.1) is 12.1 Å². The monoisotopic (exact) mass is 310 g/mol. The number of rotatable bonds is 4. The van der Waals surface area contributed by atoms with Crippen LogP contribution in [0.5, 0.6) is 0 Å². The summed E-state index contributed by atoms with van der Waals surface area (Å²) in [5.74, 6) is 0. The Hall–Kier alpha value is -2.00. The average molecular weight is 310 g/mol. The summed E-state index contributed by atoms with van der Waals surface area (Å²) in [4.78, 5) is 2.26. The van der Waals surface area contributed by atoms with Crippen molar-refractivity contribution in [2.75, 3.05) is 18.5 Å². The molecular weight excluding hydrogens is 284 g/mol. The second-order valence-electron chi connectivity index (χ2n) is 6.32. The molecule has 3 rings (SSSR count). The van der Waals surface area contributed by atoms with Crippen LogP contribution in [0.2, 0.25) is 0 Å². The van der Waals surface area contributed by atoms with Gasteiger partial charge in [0.15, 0.2) is 0 Å². The molecule has 0 bridgehead atoms. The van der Waals surface area contributed by atoms with Crippen molar-refractivity contribution < 1.29 is 5.11 Å². The van der Waals surface area contributed by atoms with Gasteiger partial charge in [0.1, 0.15) is 0 Å². The second-order valence-corrected chi connectivity index (χ2v) is 6.32. The molecule has 1 N–H and O–H groups in total. The third-order valence-corrected chi connectivity index (χ3v) is 5.07. The van der Waals surface area contributed by atoms with Crippen molar-refractivity contribution in [3.63, 3.8) is 0 Å². The first-order valence-electron chi connectivity index (χ1n) is 8.40. The van der Waals surface area contributed by atoms with Crippen molar-refractivity contribution in [3.8, 4) is 0 Å². The molecule has 0 aliphatic heterocycles. The maximum absolute atomic E-state index is 9.70. The van der Waals surface area contributed by atoms with E-state index < -0.39 is 0 Å². The third-order valence-electron chi connectivity index (χ3n) is 5.07. The first-order chi connectivity index (χ1) is 11.0. The fourth-order valence-corrected chi connectivity index (χ4v) is 3.64. The van der Waals surface area contributed by atoms with Gasteiger partial charge in [-0.3, -0.25) is 0 Å².